The summed E-state index contributed by atoms with van der Waals surface area (Å²) >= 11 is 0. The summed E-state index contributed by atoms with van der Waals surface area (Å²) in [5, 5.41) is 5.24. The smallest absolute Gasteiger partial charge is 0.251 e. The van der Waals surface area contributed by atoms with E-state index in [-0.39, 0.29) is 22.9 Å². The van der Waals surface area contributed by atoms with Crippen molar-refractivity contribution in [2.24, 2.45) is 0 Å². The van der Waals surface area contributed by atoms with Crippen LogP contribution in [-0.4, -0.2) is 61.3 Å². The Morgan fingerprint density at radius 1 is 1.18 bits per heavy atom. The summed E-state index contributed by atoms with van der Waals surface area (Å²) in [6.45, 7) is 1.17. The summed E-state index contributed by atoms with van der Waals surface area (Å²) in [7, 11) is -0.793. The molecular formula is C18H25N5O4S. The molecule has 0 saturated heterocycles. The molecule has 2 rings (SSSR count). The molecule has 10 heteroatoms. The van der Waals surface area contributed by atoms with Crippen LogP contribution in [0.4, 0.5) is 0 Å². The van der Waals surface area contributed by atoms with Gasteiger partial charge in [-0.05, 0) is 31.0 Å². The zero-order valence-electron chi connectivity index (χ0n) is 16.0. The average Bonchev–Trinajstić information content (AvgIpc) is 3.19. The van der Waals surface area contributed by atoms with Crippen molar-refractivity contribution >= 4 is 21.8 Å². The molecule has 28 heavy (non-hydrogen) atoms. The van der Waals surface area contributed by atoms with Crippen molar-refractivity contribution in [3.8, 4) is 0 Å². The number of nitrogens with zero attached hydrogens (tertiary/aromatic N) is 3. The third-order valence-electron chi connectivity index (χ3n) is 4.01. The maximum atomic E-state index is 12.2. The molecule has 0 saturated carbocycles. The molecule has 0 spiro atoms. The number of imidazole rings is 1. The summed E-state index contributed by atoms with van der Waals surface area (Å²) in [4.78, 5) is 28.0. The van der Waals surface area contributed by atoms with Crippen molar-refractivity contribution in [2.75, 3.05) is 27.2 Å². The summed E-state index contributed by atoms with van der Waals surface area (Å²) < 4.78 is 27.3. The maximum absolute atomic E-state index is 12.2. The zero-order chi connectivity index (χ0) is 20.6. The van der Waals surface area contributed by atoms with Gasteiger partial charge in [0.15, 0.2) is 0 Å². The van der Waals surface area contributed by atoms with Gasteiger partial charge in [-0.15, -0.1) is 0 Å². The normalized spacial score (nSPS) is 11.4. The zero-order valence-corrected chi connectivity index (χ0v) is 16.8. The molecule has 0 bridgehead atoms. The van der Waals surface area contributed by atoms with Gasteiger partial charge in [0.1, 0.15) is 0 Å². The third kappa shape index (κ3) is 6.17. The van der Waals surface area contributed by atoms with Crippen molar-refractivity contribution < 1.29 is 18.0 Å². The Labute approximate surface area is 164 Å². The highest BCUT2D eigenvalue weighted by Gasteiger charge is 2.18. The van der Waals surface area contributed by atoms with Crippen LogP contribution in [0, 0.1) is 0 Å². The Morgan fingerprint density at radius 2 is 1.96 bits per heavy atom. The number of hydrogen-bond acceptors (Lipinski definition) is 5. The van der Waals surface area contributed by atoms with Crippen LogP contribution < -0.4 is 10.6 Å². The van der Waals surface area contributed by atoms with E-state index < -0.39 is 15.9 Å². The van der Waals surface area contributed by atoms with Gasteiger partial charge >= 0.3 is 0 Å². The molecule has 0 fully saturated rings. The van der Waals surface area contributed by atoms with Crippen molar-refractivity contribution in [1.29, 1.82) is 0 Å². The maximum Gasteiger partial charge on any atom is 0.251 e. The minimum absolute atomic E-state index is 0.0208. The number of aromatic nitrogens is 2. The first-order valence-electron chi connectivity index (χ1n) is 8.84. The van der Waals surface area contributed by atoms with Crippen LogP contribution in [0.5, 0.6) is 0 Å². The molecule has 2 N–H and O–H groups in total. The third-order valence-corrected chi connectivity index (χ3v) is 5.82. The Hall–Kier alpha value is -2.72. The Balaban J connectivity index is 1.75. The predicted molar refractivity (Wildman–Crippen MR) is 104 cm³/mol. The number of sulfonamides is 1. The molecule has 0 radical (unpaired) electrons. The largest absolute Gasteiger partial charge is 0.355 e. The Kier molecular flexibility index (Phi) is 7.70. The summed E-state index contributed by atoms with van der Waals surface area (Å²) in [5.74, 6) is -0.806. The minimum Gasteiger partial charge on any atom is -0.355 e. The fourth-order valence-electron chi connectivity index (χ4n) is 2.40. The van der Waals surface area contributed by atoms with Gasteiger partial charge in [0.05, 0.1) is 17.8 Å². The second-order valence-corrected chi connectivity index (χ2v) is 8.51. The standard InChI is InChI=1S/C18H25N5O4S/c1-22(2)28(26,27)16-7-5-6-15(12-16)18(25)21-13-17(24)20-8-3-4-10-23-11-9-19-14-23/h5-7,9,11-12,14H,3-4,8,10,13H2,1-2H3,(H,20,24)(H,21,25). The Morgan fingerprint density at radius 3 is 2.64 bits per heavy atom. The van der Waals surface area contributed by atoms with Crippen molar-refractivity contribution in [3.63, 3.8) is 0 Å². The lowest BCUT2D eigenvalue weighted by molar-refractivity contribution is -0.120. The highest BCUT2D eigenvalue weighted by Crippen LogP contribution is 2.14. The van der Waals surface area contributed by atoms with Gasteiger partial charge < -0.3 is 15.2 Å². The predicted octanol–water partition coefficient (Wildman–Crippen LogP) is 0.460. The molecule has 0 aliphatic carbocycles. The molecule has 1 heterocycles. The van der Waals surface area contributed by atoms with E-state index in [9.17, 15) is 18.0 Å². The van der Waals surface area contributed by atoms with Crippen molar-refractivity contribution in [3.05, 3.63) is 48.5 Å². The number of carbonyl (C=O) groups excluding carboxylic acids is 2. The van der Waals surface area contributed by atoms with E-state index in [0.717, 1.165) is 23.7 Å². The van der Waals surface area contributed by atoms with E-state index in [1.54, 1.807) is 12.5 Å². The van der Waals surface area contributed by atoms with Gasteiger partial charge in [-0.3, -0.25) is 9.59 Å². The second-order valence-electron chi connectivity index (χ2n) is 6.36. The molecule has 1 aromatic carbocycles. The van der Waals surface area contributed by atoms with Gasteiger partial charge in [-0.1, -0.05) is 6.07 Å². The number of rotatable bonds is 10. The number of nitrogens with one attached hydrogen (secondary N) is 2. The minimum atomic E-state index is -3.63. The fourth-order valence-corrected chi connectivity index (χ4v) is 3.35. The van der Waals surface area contributed by atoms with Crippen LogP contribution in [0.1, 0.15) is 23.2 Å². The van der Waals surface area contributed by atoms with E-state index in [0.29, 0.717) is 6.54 Å². The lowest BCUT2D eigenvalue weighted by Gasteiger charge is -2.12. The summed E-state index contributed by atoms with van der Waals surface area (Å²) in [5.41, 5.74) is 0.177. The van der Waals surface area contributed by atoms with E-state index in [4.69, 9.17) is 0 Å². The molecular weight excluding hydrogens is 382 g/mol. The van der Waals surface area contributed by atoms with E-state index in [1.165, 1.54) is 38.4 Å². The highest BCUT2D eigenvalue weighted by molar-refractivity contribution is 7.89. The number of benzene rings is 1. The van der Waals surface area contributed by atoms with Crippen LogP contribution in [0.2, 0.25) is 0 Å². The number of unbranched alkanes of at least 4 members (excludes halogenated alkanes) is 1. The number of amides is 2. The molecule has 2 aromatic rings. The average molecular weight is 407 g/mol. The molecule has 152 valence electrons. The molecule has 0 aliphatic rings. The Bertz CT molecular complexity index is 894. The van der Waals surface area contributed by atoms with Gasteiger partial charge in [-0.2, -0.15) is 0 Å². The van der Waals surface area contributed by atoms with Gasteiger partial charge in [0, 0.05) is 45.1 Å². The first-order chi connectivity index (χ1) is 13.3. The second kappa shape index (κ2) is 10.00. The molecule has 9 nitrogen and oxygen atoms in total. The van der Waals surface area contributed by atoms with Gasteiger partial charge in [-0.25, -0.2) is 17.7 Å². The van der Waals surface area contributed by atoms with Crippen LogP contribution in [0.25, 0.3) is 0 Å². The summed E-state index contributed by atoms with van der Waals surface area (Å²) in [6.07, 6.45) is 7.05. The topological polar surface area (TPSA) is 113 Å². The lowest BCUT2D eigenvalue weighted by atomic mass is 10.2. The van der Waals surface area contributed by atoms with E-state index in [2.05, 4.69) is 15.6 Å². The SMILES string of the molecule is CN(C)S(=O)(=O)c1cccc(C(=O)NCC(=O)NCCCCn2ccnc2)c1. The monoisotopic (exact) mass is 407 g/mol. The first-order valence-corrected chi connectivity index (χ1v) is 10.3. The first kappa shape index (κ1) is 21.6. The highest BCUT2D eigenvalue weighted by atomic mass is 32.2. The summed E-state index contributed by atoms with van der Waals surface area (Å²) in [6, 6.07) is 5.70. The van der Waals surface area contributed by atoms with Crippen LogP contribution >= 0.6 is 0 Å². The van der Waals surface area contributed by atoms with Gasteiger partial charge in [0.2, 0.25) is 15.9 Å². The van der Waals surface area contributed by atoms with E-state index >= 15 is 0 Å². The van der Waals surface area contributed by atoms with Crippen molar-refractivity contribution in [1.82, 2.24) is 24.5 Å². The van der Waals surface area contributed by atoms with E-state index in [1.807, 2.05) is 10.8 Å². The lowest BCUT2D eigenvalue weighted by Crippen LogP contribution is -2.37. The fraction of sp³-hybridized carbons (Fsp3) is 0.389. The molecule has 1 aromatic heterocycles. The van der Waals surface area contributed by atoms with Crippen LogP contribution in [0.15, 0.2) is 47.9 Å². The number of hydrogen-bond donors (Lipinski definition) is 2. The number of carbonyl (C=O) groups is 2. The van der Waals surface area contributed by atoms with Crippen molar-refractivity contribution in [2.45, 2.75) is 24.3 Å². The molecule has 0 unspecified atom stereocenters. The quantitative estimate of drug-likeness (QED) is 0.556. The van der Waals surface area contributed by atoms with Gasteiger partial charge in [0.25, 0.3) is 5.91 Å². The molecule has 0 atom stereocenters. The number of aryl methyl sites for hydroxylation is 1. The molecule has 2 amide bonds. The van der Waals surface area contributed by atoms with Crippen LogP contribution in [-0.2, 0) is 21.4 Å². The van der Waals surface area contributed by atoms with Crippen LogP contribution in [0.3, 0.4) is 0 Å². The molecule has 0 aliphatic heterocycles.